The highest BCUT2D eigenvalue weighted by molar-refractivity contribution is 5.98. The molecule has 1 fully saturated rings. The van der Waals surface area contributed by atoms with Crippen LogP contribution in [0.4, 0.5) is 5.69 Å². The summed E-state index contributed by atoms with van der Waals surface area (Å²) in [6.07, 6.45) is 5.37. The van der Waals surface area contributed by atoms with Gasteiger partial charge in [0.25, 0.3) is 5.91 Å². The number of hydrogen-bond acceptors (Lipinski definition) is 3. The van der Waals surface area contributed by atoms with Gasteiger partial charge in [-0.25, -0.2) is 0 Å². The molecular weight excluding hydrogens is 300 g/mol. The number of nitrogens with one attached hydrogen (secondary N) is 1. The Kier molecular flexibility index (Phi) is 3.69. The first-order chi connectivity index (χ1) is 11.7. The van der Waals surface area contributed by atoms with Crippen LogP contribution in [0.15, 0.2) is 48.8 Å². The maximum atomic E-state index is 11.6. The fourth-order valence-corrected chi connectivity index (χ4v) is 3.60. The quantitative estimate of drug-likeness (QED) is 0.779. The first-order valence-corrected chi connectivity index (χ1v) is 8.29. The molecule has 1 amide bonds. The molecule has 0 radical (unpaired) electrons. The lowest BCUT2D eigenvalue weighted by Crippen LogP contribution is -2.34. The molecule has 1 aromatic carbocycles. The third-order valence-corrected chi connectivity index (χ3v) is 4.89. The molecule has 0 bridgehead atoms. The van der Waals surface area contributed by atoms with Crippen molar-refractivity contribution in [3.63, 3.8) is 0 Å². The predicted molar refractivity (Wildman–Crippen MR) is 95.2 cm³/mol. The Morgan fingerprint density at radius 3 is 2.75 bits per heavy atom. The molecule has 5 heteroatoms. The summed E-state index contributed by atoms with van der Waals surface area (Å²) in [6, 6.07) is 12.5. The average molecular weight is 320 g/mol. The third kappa shape index (κ3) is 2.62. The fourth-order valence-electron chi connectivity index (χ4n) is 3.60. The molecule has 0 atom stereocenters. The highest BCUT2D eigenvalue weighted by Crippen LogP contribution is 2.32. The molecular formula is C19H20N4O. The number of para-hydroxylation sites is 1. The van der Waals surface area contributed by atoms with E-state index in [1.807, 2.05) is 6.07 Å². The van der Waals surface area contributed by atoms with Crippen LogP contribution < -0.4 is 10.6 Å². The Balaban J connectivity index is 1.52. The Morgan fingerprint density at radius 2 is 2.00 bits per heavy atom. The van der Waals surface area contributed by atoms with E-state index < -0.39 is 5.91 Å². The number of hydrogen-bond donors (Lipinski definition) is 2. The molecule has 4 rings (SSSR count). The first-order valence-electron chi connectivity index (χ1n) is 8.29. The van der Waals surface area contributed by atoms with E-state index in [9.17, 15) is 4.79 Å². The van der Waals surface area contributed by atoms with Crippen LogP contribution in [0.2, 0.25) is 0 Å². The minimum absolute atomic E-state index is 0.421. The summed E-state index contributed by atoms with van der Waals surface area (Å²) in [5.74, 6) is 0.100. The molecule has 122 valence electrons. The summed E-state index contributed by atoms with van der Waals surface area (Å²) >= 11 is 0. The number of carbonyl (C=O) groups is 1. The molecule has 3 heterocycles. The van der Waals surface area contributed by atoms with Gasteiger partial charge >= 0.3 is 0 Å². The van der Waals surface area contributed by atoms with Crippen molar-refractivity contribution in [2.45, 2.75) is 18.8 Å². The summed E-state index contributed by atoms with van der Waals surface area (Å²) in [4.78, 5) is 21.4. The maximum absolute atomic E-state index is 11.6. The minimum atomic E-state index is -0.421. The van der Waals surface area contributed by atoms with Crippen LogP contribution in [0.5, 0.6) is 0 Å². The number of benzene rings is 1. The lowest BCUT2D eigenvalue weighted by atomic mass is 9.93. The summed E-state index contributed by atoms with van der Waals surface area (Å²) in [5.41, 5.74) is 9.37. The molecule has 24 heavy (non-hydrogen) atoms. The number of carbonyl (C=O) groups excluding carboxylic acids is 1. The number of nitrogens with zero attached hydrogens (tertiary/aromatic N) is 2. The maximum Gasteiger partial charge on any atom is 0.252 e. The number of H-pyrrole nitrogens is 1. The number of pyridine rings is 1. The van der Waals surface area contributed by atoms with Crippen molar-refractivity contribution in [3.05, 3.63) is 60.0 Å². The summed E-state index contributed by atoms with van der Waals surface area (Å²) < 4.78 is 0. The Bertz CT molecular complexity index is 845. The number of primary amides is 1. The minimum Gasteiger partial charge on any atom is -0.371 e. The summed E-state index contributed by atoms with van der Waals surface area (Å²) in [6.45, 7) is 1.81. The van der Waals surface area contributed by atoms with E-state index in [4.69, 9.17) is 5.73 Å². The SMILES string of the molecule is NC(=O)c1cnccc1N1CCC(c2cc3ccccc3[nH]2)CC1. The number of piperidine rings is 1. The zero-order valence-electron chi connectivity index (χ0n) is 13.4. The van der Waals surface area contributed by atoms with E-state index in [1.165, 1.54) is 16.6 Å². The van der Waals surface area contributed by atoms with Gasteiger partial charge in [0.2, 0.25) is 0 Å². The molecule has 0 aliphatic carbocycles. The second kappa shape index (κ2) is 6.00. The van der Waals surface area contributed by atoms with Gasteiger partial charge in [-0.15, -0.1) is 0 Å². The zero-order chi connectivity index (χ0) is 16.5. The summed E-state index contributed by atoms with van der Waals surface area (Å²) in [7, 11) is 0. The highest BCUT2D eigenvalue weighted by atomic mass is 16.1. The van der Waals surface area contributed by atoms with Crippen LogP contribution in [0.25, 0.3) is 10.9 Å². The van der Waals surface area contributed by atoms with Gasteiger partial charge < -0.3 is 15.6 Å². The van der Waals surface area contributed by atoms with Crippen LogP contribution in [-0.2, 0) is 0 Å². The van der Waals surface area contributed by atoms with Crippen LogP contribution in [0.3, 0.4) is 0 Å². The van der Waals surface area contributed by atoms with Gasteiger partial charge in [-0.05, 0) is 36.4 Å². The monoisotopic (exact) mass is 320 g/mol. The second-order valence-electron chi connectivity index (χ2n) is 6.33. The van der Waals surface area contributed by atoms with Crippen molar-refractivity contribution >= 4 is 22.5 Å². The van der Waals surface area contributed by atoms with Gasteiger partial charge in [0.05, 0.1) is 11.3 Å². The smallest absolute Gasteiger partial charge is 0.252 e. The van der Waals surface area contributed by atoms with Gasteiger partial charge in [-0.3, -0.25) is 9.78 Å². The van der Waals surface area contributed by atoms with E-state index in [2.05, 4.69) is 45.2 Å². The van der Waals surface area contributed by atoms with Crippen molar-refractivity contribution < 1.29 is 4.79 Å². The molecule has 0 unspecified atom stereocenters. The highest BCUT2D eigenvalue weighted by Gasteiger charge is 2.24. The Morgan fingerprint density at radius 1 is 1.21 bits per heavy atom. The normalized spacial score (nSPS) is 15.8. The lowest BCUT2D eigenvalue weighted by molar-refractivity contribution is 0.100. The van der Waals surface area contributed by atoms with Crippen molar-refractivity contribution in [2.24, 2.45) is 5.73 Å². The summed E-state index contributed by atoms with van der Waals surface area (Å²) in [5, 5.41) is 1.26. The molecule has 0 spiro atoms. The van der Waals surface area contributed by atoms with Crippen molar-refractivity contribution in [1.29, 1.82) is 0 Å². The van der Waals surface area contributed by atoms with Gasteiger partial charge in [-0.1, -0.05) is 18.2 Å². The lowest BCUT2D eigenvalue weighted by Gasteiger charge is -2.34. The van der Waals surface area contributed by atoms with E-state index >= 15 is 0 Å². The van der Waals surface area contributed by atoms with Gasteiger partial charge in [0, 0.05) is 42.6 Å². The van der Waals surface area contributed by atoms with E-state index in [1.54, 1.807) is 12.4 Å². The number of rotatable bonds is 3. The molecule has 0 saturated carbocycles. The Labute approximate surface area is 140 Å². The molecule has 1 aliphatic heterocycles. The predicted octanol–water partition coefficient (Wildman–Crippen LogP) is 3.05. The topological polar surface area (TPSA) is 75.0 Å². The van der Waals surface area contributed by atoms with Crippen LogP contribution in [0, 0.1) is 0 Å². The van der Waals surface area contributed by atoms with Gasteiger partial charge in [0.1, 0.15) is 0 Å². The number of anilines is 1. The van der Waals surface area contributed by atoms with Crippen molar-refractivity contribution in [3.8, 4) is 0 Å². The van der Waals surface area contributed by atoms with Gasteiger partial charge in [-0.2, -0.15) is 0 Å². The third-order valence-electron chi connectivity index (χ3n) is 4.89. The largest absolute Gasteiger partial charge is 0.371 e. The molecule has 3 aromatic rings. The number of amides is 1. The fraction of sp³-hybridized carbons (Fsp3) is 0.263. The first kappa shape index (κ1) is 14.8. The molecule has 2 aromatic heterocycles. The number of fused-ring (bicyclic) bond motifs is 1. The molecule has 1 aliphatic rings. The molecule has 1 saturated heterocycles. The Hall–Kier alpha value is -2.82. The number of aromatic amines is 1. The number of aromatic nitrogens is 2. The van der Waals surface area contributed by atoms with Crippen LogP contribution >= 0.6 is 0 Å². The molecule has 5 nitrogen and oxygen atoms in total. The van der Waals surface area contributed by atoms with Crippen LogP contribution in [-0.4, -0.2) is 29.0 Å². The molecule has 3 N–H and O–H groups in total. The average Bonchev–Trinajstić information content (AvgIpc) is 3.06. The van der Waals surface area contributed by atoms with Crippen molar-refractivity contribution in [2.75, 3.05) is 18.0 Å². The standard InChI is InChI=1S/C19H20N4O/c20-19(24)15-12-21-8-5-18(15)23-9-6-13(7-10-23)17-11-14-3-1-2-4-16(14)22-17/h1-5,8,11-13,22H,6-7,9-10H2,(H2,20,24). The number of nitrogens with two attached hydrogens (primary N) is 1. The zero-order valence-corrected chi connectivity index (χ0v) is 13.4. The van der Waals surface area contributed by atoms with Crippen molar-refractivity contribution in [1.82, 2.24) is 9.97 Å². The van der Waals surface area contributed by atoms with E-state index in [0.29, 0.717) is 11.5 Å². The van der Waals surface area contributed by atoms with E-state index in [0.717, 1.165) is 31.6 Å². The second-order valence-corrected chi connectivity index (χ2v) is 6.33. The van der Waals surface area contributed by atoms with Gasteiger partial charge in [0.15, 0.2) is 0 Å². The van der Waals surface area contributed by atoms with Crippen LogP contribution in [0.1, 0.15) is 34.8 Å². The van der Waals surface area contributed by atoms with E-state index in [-0.39, 0.29) is 0 Å².